The van der Waals surface area contributed by atoms with Gasteiger partial charge in [-0.3, -0.25) is 4.79 Å². The molecular weight excluding hydrogens is 212 g/mol. The Morgan fingerprint density at radius 3 is 2.59 bits per heavy atom. The molecule has 2 nitrogen and oxygen atoms in total. The molecule has 0 radical (unpaired) electrons. The van der Waals surface area contributed by atoms with Gasteiger partial charge in [-0.25, -0.2) is 0 Å². The fourth-order valence-corrected chi connectivity index (χ4v) is 1.85. The van der Waals surface area contributed by atoms with Crippen LogP contribution in [0.5, 0.6) is 5.75 Å². The number of aldehydes is 1. The van der Waals surface area contributed by atoms with Gasteiger partial charge in [0.25, 0.3) is 0 Å². The quantitative estimate of drug-likeness (QED) is 0.749. The molecule has 0 aliphatic rings. The second-order valence-corrected chi connectivity index (χ2v) is 3.98. The maximum absolute atomic E-state index is 10.8. The summed E-state index contributed by atoms with van der Waals surface area (Å²) in [4.78, 5) is 10.8. The van der Waals surface area contributed by atoms with Crippen molar-refractivity contribution in [3.05, 3.63) is 53.6 Å². The summed E-state index contributed by atoms with van der Waals surface area (Å²) in [7, 11) is 1.65. The summed E-state index contributed by atoms with van der Waals surface area (Å²) >= 11 is 0. The minimum atomic E-state index is 0.697. The summed E-state index contributed by atoms with van der Waals surface area (Å²) in [5.74, 6) is 0.816. The van der Waals surface area contributed by atoms with Crippen LogP contribution in [0.4, 0.5) is 0 Å². The Bertz CT molecular complexity index is 544. The number of benzene rings is 2. The molecule has 0 N–H and O–H groups in total. The first-order valence-corrected chi connectivity index (χ1v) is 5.44. The molecule has 2 aromatic rings. The van der Waals surface area contributed by atoms with Crippen molar-refractivity contribution in [2.75, 3.05) is 7.11 Å². The highest BCUT2D eigenvalue weighted by Gasteiger charge is 2.02. The van der Waals surface area contributed by atoms with Crippen LogP contribution in [0, 0.1) is 6.92 Å². The van der Waals surface area contributed by atoms with Gasteiger partial charge in [0.1, 0.15) is 12.0 Å². The zero-order valence-electron chi connectivity index (χ0n) is 9.94. The number of rotatable bonds is 3. The monoisotopic (exact) mass is 226 g/mol. The van der Waals surface area contributed by atoms with E-state index in [-0.39, 0.29) is 0 Å². The maximum Gasteiger partial charge on any atom is 0.150 e. The molecular formula is C15H14O2. The van der Waals surface area contributed by atoms with Crippen LogP contribution in [0.3, 0.4) is 0 Å². The maximum atomic E-state index is 10.8. The Hall–Kier alpha value is -2.09. The third-order valence-corrected chi connectivity index (χ3v) is 2.64. The van der Waals surface area contributed by atoms with Gasteiger partial charge in [-0.15, -0.1) is 0 Å². The lowest BCUT2D eigenvalue weighted by atomic mass is 10.0. The van der Waals surface area contributed by atoms with E-state index in [9.17, 15) is 4.79 Å². The molecule has 0 fully saturated rings. The predicted octanol–water partition coefficient (Wildman–Crippen LogP) is 3.48. The van der Waals surface area contributed by atoms with Gasteiger partial charge in [-0.05, 0) is 47.9 Å². The normalized spacial score (nSPS) is 10.0. The summed E-state index contributed by atoms with van der Waals surface area (Å²) in [5, 5.41) is 0. The number of carbonyl (C=O) groups excluding carboxylic acids is 1. The van der Waals surface area contributed by atoms with E-state index in [2.05, 4.69) is 6.07 Å². The van der Waals surface area contributed by atoms with Crippen LogP contribution in [0.25, 0.3) is 11.1 Å². The SMILES string of the molecule is COc1cccc(-c2cc(C)cc(C=O)c2)c1. The van der Waals surface area contributed by atoms with Crippen LogP contribution in [-0.2, 0) is 0 Å². The fourth-order valence-electron chi connectivity index (χ4n) is 1.85. The van der Waals surface area contributed by atoms with Crippen LogP contribution < -0.4 is 4.74 Å². The van der Waals surface area contributed by atoms with E-state index in [0.29, 0.717) is 5.56 Å². The van der Waals surface area contributed by atoms with Crippen molar-refractivity contribution in [3.8, 4) is 16.9 Å². The summed E-state index contributed by atoms with van der Waals surface area (Å²) in [6.07, 6.45) is 0.872. The molecule has 0 atom stereocenters. The summed E-state index contributed by atoms with van der Waals surface area (Å²) in [5.41, 5.74) is 3.86. The molecule has 86 valence electrons. The second-order valence-electron chi connectivity index (χ2n) is 3.98. The third-order valence-electron chi connectivity index (χ3n) is 2.64. The van der Waals surface area contributed by atoms with E-state index in [1.165, 1.54) is 0 Å². The highest BCUT2D eigenvalue weighted by molar-refractivity contribution is 5.79. The largest absolute Gasteiger partial charge is 0.497 e. The van der Waals surface area contributed by atoms with Crippen molar-refractivity contribution in [2.24, 2.45) is 0 Å². The lowest BCUT2D eigenvalue weighted by molar-refractivity contribution is 0.112. The molecule has 0 aliphatic heterocycles. The van der Waals surface area contributed by atoms with Crippen LogP contribution in [0.2, 0.25) is 0 Å². The fraction of sp³-hybridized carbons (Fsp3) is 0.133. The smallest absolute Gasteiger partial charge is 0.150 e. The van der Waals surface area contributed by atoms with E-state index in [4.69, 9.17) is 4.74 Å². The topological polar surface area (TPSA) is 26.3 Å². The first-order valence-electron chi connectivity index (χ1n) is 5.44. The lowest BCUT2D eigenvalue weighted by Crippen LogP contribution is -1.87. The van der Waals surface area contributed by atoms with Crippen LogP contribution >= 0.6 is 0 Å². The third kappa shape index (κ3) is 2.53. The van der Waals surface area contributed by atoms with Crippen molar-refractivity contribution in [1.29, 1.82) is 0 Å². The average Bonchev–Trinajstić information content (AvgIpc) is 2.38. The molecule has 0 saturated heterocycles. The van der Waals surface area contributed by atoms with Gasteiger partial charge in [0.2, 0.25) is 0 Å². The van der Waals surface area contributed by atoms with Crippen molar-refractivity contribution >= 4 is 6.29 Å². The Morgan fingerprint density at radius 2 is 1.88 bits per heavy atom. The van der Waals surface area contributed by atoms with E-state index < -0.39 is 0 Å². The van der Waals surface area contributed by atoms with E-state index >= 15 is 0 Å². The van der Waals surface area contributed by atoms with Crippen LogP contribution in [-0.4, -0.2) is 13.4 Å². The summed E-state index contributed by atoms with van der Waals surface area (Å²) in [6.45, 7) is 1.98. The molecule has 0 aliphatic carbocycles. The predicted molar refractivity (Wildman–Crippen MR) is 68.6 cm³/mol. The highest BCUT2D eigenvalue weighted by atomic mass is 16.5. The lowest BCUT2D eigenvalue weighted by Gasteiger charge is -2.06. The van der Waals surface area contributed by atoms with Crippen LogP contribution in [0.15, 0.2) is 42.5 Å². The average molecular weight is 226 g/mol. The standard InChI is InChI=1S/C15H14O2/c1-11-6-12(10-16)8-14(7-11)13-4-3-5-15(9-13)17-2/h3-10H,1-2H3. The van der Waals surface area contributed by atoms with Gasteiger partial charge in [0, 0.05) is 5.56 Å². The van der Waals surface area contributed by atoms with Gasteiger partial charge in [0.15, 0.2) is 0 Å². The van der Waals surface area contributed by atoms with Gasteiger partial charge < -0.3 is 4.74 Å². The number of aryl methyl sites for hydroxylation is 1. The number of carbonyl (C=O) groups is 1. The molecule has 2 aromatic carbocycles. The van der Waals surface area contributed by atoms with Crippen molar-refractivity contribution in [3.63, 3.8) is 0 Å². The zero-order valence-corrected chi connectivity index (χ0v) is 9.94. The molecule has 0 aromatic heterocycles. The van der Waals surface area contributed by atoms with E-state index in [1.807, 2.05) is 43.3 Å². The Balaban J connectivity index is 2.51. The number of ether oxygens (including phenoxy) is 1. The number of hydrogen-bond donors (Lipinski definition) is 0. The molecule has 2 rings (SSSR count). The van der Waals surface area contributed by atoms with Gasteiger partial charge in [0.05, 0.1) is 7.11 Å². The van der Waals surface area contributed by atoms with E-state index in [1.54, 1.807) is 7.11 Å². The summed E-state index contributed by atoms with van der Waals surface area (Å²) in [6, 6.07) is 13.6. The van der Waals surface area contributed by atoms with Crippen molar-refractivity contribution < 1.29 is 9.53 Å². The highest BCUT2D eigenvalue weighted by Crippen LogP contribution is 2.25. The van der Waals surface area contributed by atoms with Crippen molar-refractivity contribution in [1.82, 2.24) is 0 Å². The molecule has 17 heavy (non-hydrogen) atoms. The zero-order chi connectivity index (χ0) is 12.3. The first-order chi connectivity index (χ1) is 8.22. The molecule has 0 spiro atoms. The summed E-state index contributed by atoms with van der Waals surface area (Å²) < 4.78 is 5.19. The van der Waals surface area contributed by atoms with E-state index in [0.717, 1.165) is 28.7 Å². The molecule has 0 heterocycles. The minimum Gasteiger partial charge on any atom is -0.497 e. The molecule has 2 heteroatoms. The molecule has 0 unspecified atom stereocenters. The van der Waals surface area contributed by atoms with Gasteiger partial charge >= 0.3 is 0 Å². The Kier molecular flexibility index (Phi) is 3.24. The molecule has 0 amide bonds. The molecule has 0 bridgehead atoms. The Labute approximate surface area is 101 Å². The van der Waals surface area contributed by atoms with Crippen molar-refractivity contribution in [2.45, 2.75) is 6.92 Å². The first kappa shape index (κ1) is 11.4. The Morgan fingerprint density at radius 1 is 1.06 bits per heavy atom. The van der Waals surface area contributed by atoms with Gasteiger partial charge in [-0.2, -0.15) is 0 Å². The van der Waals surface area contributed by atoms with Crippen LogP contribution in [0.1, 0.15) is 15.9 Å². The second kappa shape index (κ2) is 4.83. The number of methoxy groups -OCH3 is 1. The van der Waals surface area contributed by atoms with Gasteiger partial charge in [-0.1, -0.05) is 18.2 Å². The molecule has 0 saturated carbocycles. The minimum absolute atomic E-state index is 0.697. The number of hydrogen-bond acceptors (Lipinski definition) is 2.